The van der Waals surface area contributed by atoms with Crippen LogP contribution in [-0.4, -0.2) is 16.0 Å². The predicted octanol–water partition coefficient (Wildman–Crippen LogP) is 2.27. The number of halogens is 2. The molecule has 59 valence electrons. The Hall–Kier alpha value is 0.319. The minimum absolute atomic E-state index is 0.439. The molecule has 0 spiro atoms. The Balaban J connectivity index is 3.13. The average molecular weight is 253 g/mol. The zero-order valence-electron chi connectivity index (χ0n) is 5.97. The zero-order chi connectivity index (χ0) is 8.43. The minimum atomic E-state index is -0.439. The SMILES string of the molecule is Cc1ccc([Se])c(C(Cl)Cl)c1. The van der Waals surface area contributed by atoms with Crippen LogP contribution in [0.2, 0.25) is 0 Å². The summed E-state index contributed by atoms with van der Waals surface area (Å²) in [6, 6.07) is 5.98. The summed E-state index contributed by atoms with van der Waals surface area (Å²) in [6.45, 7) is 2.01. The third-order valence-electron chi connectivity index (χ3n) is 1.40. The fourth-order valence-corrected chi connectivity index (χ4v) is 2.01. The summed E-state index contributed by atoms with van der Waals surface area (Å²) in [5.74, 6) is 0. The molecular weight excluding hydrogens is 246 g/mol. The van der Waals surface area contributed by atoms with Crippen molar-refractivity contribution in [3.05, 3.63) is 29.3 Å². The van der Waals surface area contributed by atoms with E-state index < -0.39 is 4.84 Å². The van der Waals surface area contributed by atoms with E-state index >= 15 is 0 Å². The molecular formula is C8H7Cl2Se. The molecule has 0 saturated heterocycles. The summed E-state index contributed by atoms with van der Waals surface area (Å²) in [6.07, 6.45) is 0. The Labute approximate surface area is 84.7 Å². The summed E-state index contributed by atoms with van der Waals surface area (Å²) in [7, 11) is 0. The Morgan fingerprint density at radius 2 is 2.00 bits per heavy atom. The van der Waals surface area contributed by atoms with Gasteiger partial charge >= 0.3 is 84.8 Å². The van der Waals surface area contributed by atoms with Crippen LogP contribution in [0.3, 0.4) is 0 Å². The van der Waals surface area contributed by atoms with E-state index in [1.807, 2.05) is 25.1 Å². The molecule has 0 fully saturated rings. The van der Waals surface area contributed by atoms with Crippen molar-refractivity contribution in [1.82, 2.24) is 0 Å². The molecule has 0 N–H and O–H groups in total. The molecule has 0 aliphatic carbocycles. The van der Waals surface area contributed by atoms with E-state index in [9.17, 15) is 0 Å². The number of hydrogen-bond donors (Lipinski definition) is 0. The second kappa shape index (κ2) is 3.82. The van der Waals surface area contributed by atoms with Gasteiger partial charge in [-0.15, -0.1) is 0 Å². The summed E-state index contributed by atoms with van der Waals surface area (Å²) in [4.78, 5) is -0.439. The van der Waals surface area contributed by atoms with Crippen molar-refractivity contribution in [2.45, 2.75) is 11.8 Å². The van der Waals surface area contributed by atoms with Gasteiger partial charge in [0.25, 0.3) is 0 Å². The first-order valence-corrected chi connectivity index (χ1v) is 4.90. The quantitative estimate of drug-likeness (QED) is 0.532. The van der Waals surface area contributed by atoms with Gasteiger partial charge in [0, 0.05) is 0 Å². The zero-order valence-corrected chi connectivity index (χ0v) is 9.20. The van der Waals surface area contributed by atoms with Crippen molar-refractivity contribution in [2.24, 2.45) is 0 Å². The Kier molecular flexibility index (Phi) is 3.27. The van der Waals surface area contributed by atoms with Crippen molar-refractivity contribution in [2.75, 3.05) is 0 Å². The fourth-order valence-electron chi connectivity index (χ4n) is 0.838. The molecule has 0 aliphatic heterocycles. The molecule has 1 aromatic carbocycles. The van der Waals surface area contributed by atoms with Crippen LogP contribution in [0.5, 0.6) is 0 Å². The van der Waals surface area contributed by atoms with Crippen molar-refractivity contribution in [1.29, 1.82) is 0 Å². The number of rotatable bonds is 1. The standard InChI is InChI=1S/C8H7Cl2Se/c1-5-2-3-7(11)6(4-5)8(9)10/h2-4,8H,1H3. The van der Waals surface area contributed by atoms with E-state index in [0.29, 0.717) is 0 Å². The predicted molar refractivity (Wildman–Crippen MR) is 51.0 cm³/mol. The van der Waals surface area contributed by atoms with Crippen LogP contribution >= 0.6 is 23.2 Å². The topological polar surface area (TPSA) is 0 Å². The van der Waals surface area contributed by atoms with E-state index in [2.05, 4.69) is 16.0 Å². The summed E-state index contributed by atoms with van der Waals surface area (Å²) in [5, 5.41) is 0. The van der Waals surface area contributed by atoms with Crippen LogP contribution in [0.1, 0.15) is 16.0 Å². The van der Waals surface area contributed by atoms with E-state index in [1.165, 1.54) is 5.56 Å². The van der Waals surface area contributed by atoms with Crippen molar-refractivity contribution >= 4 is 43.7 Å². The molecule has 0 atom stereocenters. The van der Waals surface area contributed by atoms with Gasteiger partial charge < -0.3 is 0 Å². The normalized spacial score (nSPS) is 10.5. The first-order chi connectivity index (χ1) is 5.11. The summed E-state index contributed by atoms with van der Waals surface area (Å²) in [5.41, 5.74) is 2.12. The molecule has 0 aliphatic rings. The van der Waals surface area contributed by atoms with Gasteiger partial charge in [0.1, 0.15) is 0 Å². The Morgan fingerprint density at radius 3 is 2.45 bits per heavy atom. The van der Waals surface area contributed by atoms with E-state index in [0.717, 1.165) is 10.0 Å². The molecule has 1 radical (unpaired) electrons. The Bertz CT molecular complexity index is 258. The molecule has 0 unspecified atom stereocenters. The van der Waals surface area contributed by atoms with Crippen molar-refractivity contribution in [3.8, 4) is 0 Å². The number of alkyl halides is 2. The maximum absolute atomic E-state index is 5.73. The first kappa shape index (κ1) is 9.41. The van der Waals surface area contributed by atoms with E-state index in [-0.39, 0.29) is 0 Å². The molecule has 0 saturated carbocycles. The molecule has 0 amide bonds. The number of aryl methyl sites for hydroxylation is 1. The summed E-state index contributed by atoms with van der Waals surface area (Å²) >= 11 is 14.4. The fraction of sp³-hybridized carbons (Fsp3) is 0.250. The third kappa shape index (κ3) is 2.38. The average Bonchev–Trinajstić information content (AvgIpc) is 1.94. The molecule has 0 aromatic heterocycles. The van der Waals surface area contributed by atoms with E-state index in [4.69, 9.17) is 23.2 Å². The monoisotopic (exact) mass is 253 g/mol. The number of benzene rings is 1. The molecule has 0 bridgehead atoms. The van der Waals surface area contributed by atoms with Crippen molar-refractivity contribution in [3.63, 3.8) is 0 Å². The molecule has 1 aromatic rings. The van der Waals surface area contributed by atoms with Crippen LogP contribution in [0.4, 0.5) is 0 Å². The second-order valence-electron chi connectivity index (χ2n) is 2.34. The van der Waals surface area contributed by atoms with Gasteiger partial charge in [-0.2, -0.15) is 0 Å². The molecule has 1 rings (SSSR count). The van der Waals surface area contributed by atoms with Crippen LogP contribution in [-0.2, 0) is 0 Å². The van der Waals surface area contributed by atoms with Gasteiger partial charge in [-0.25, -0.2) is 0 Å². The van der Waals surface area contributed by atoms with Crippen LogP contribution in [0.15, 0.2) is 18.2 Å². The molecule has 0 nitrogen and oxygen atoms in total. The van der Waals surface area contributed by atoms with Gasteiger partial charge in [0.2, 0.25) is 0 Å². The summed E-state index contributed by atoms with van der Waals surface area (Å²) < 4.78 is 1.02. The van der Waals surface area contributed by atoms with Gasteiger partial charge in [0.05, 0.1) is 0 Å². The van der Waals surface area contributed by atoms with Gasteiger partial charge in [-0.3, -0.25) is 0 Å². The van der Waals surface area contributed by atoms with Crippen LogP contribution in [0.25, 0.3) is 0 Å². The van der Waals surface area contributed by atoms with E-state index in [1.54, 1.807) is 0 Å². The van der Waals surface area contributed by atoms with Gasteiger partial charge in [-0.1, -0.05) is 0 Å². The Morgan fingerprint density at radius 1 is 1.36 bits per heavy atom. The molecule has 0 heterocycles. The van der Waals surface area contributed by atoms with Gasteiger partial charge in [0.15, 0.2) is 0 Å². The molecule has 11 heavy (non-hydrogen) atoms. The number of hydrogen-bond acceptors (Lipinski definition) is 0. The molecule has 3 heteroatoms. The first-order valence-electron chi connectivity index (χ1n) is 3.17. The second-order valence-corrected chi connectivity index (χ2v) is 4.36. The van der Waals surface area contributed by atoms with Gasteiger partial charge in [-0.05, 0) is 0 Å². The van der Waals surface area contributed by atoms with Crippen molar-refractivity contribution < 1.29 is 0 Å². The van der Waals surface area contributed by atoms with Crippen LogP contribution < -0.4 is 4.46 Å². The van der Waals surface area contributed by atoms with Crippen LogP contribution in [0, 0.1) is 6.92 Å². The third-order valence-corrected chi connectivity index (χ3v) is 2.65. The maximum atomic E-state index is 5.73.